The van der Waals surface area contributed by atoms with Gasteiger partial charge in [0.1, 0.15) is 5.75 Å². The Morgan fingerprint density at radius 2 is 1.79 bits per heavy atom. The molecule has 7 nitrogen and oxygen atoms in total. The third-order valence-corrected chi connectivity index (χ3v) is 8.21. The van der Waals surface area contributed by atoms with Crippen LogP contribution in [0.5, 0.6) is 5.75 Å². The maximum Gasteiger partial charge on any atom is 0.170 e. The molecule has 3 aromatic rings. The lowest BCUT2D eigenvalue weighted by atomic mass is 10.1. The lowest BCUT2D eigenvalue weighted by Gasteiger charge is -2.32. The van der Waals surface area contributed by atoms with Crippen LogP contribution in [0.2, 0.25) is 5.02 Å². The summed E-state index contributed by atoms with van der Waals surface area (Å²) >= 11 is 6.14. The quantitative estimate of drug-likeness (QED) is 0.144. The first kappa shape index (κ1) is 25.7. The van der Waals surface area contributed by atoms with Crippen LogP contribution in [-0.4, -0.2) is 48.3 Å². The molecular formula is C24H33ClN3O4P. The second-order valence-electron chi connectivity index (χ2n) is 8.43. The van der Waals surface area contributed by atoms with Gasteiger partial charge in [-0.15, -0.1) is 0 Å². The van der Waals surface area contributed by atoms with E-state index < -0.39 is 13.8 Å². The van der Waals surface area contributed by atoms with Gasteiger partial charge in [-0.2, -0.15) is 0 Å². The largest absolute Gasteiger partial charge is 0.495 e. The fourth-order valence-electron chi connectivity index (χ4n) is 4.13. The number of benzene rings is 2. The van der Waals surface area contributed by atoms with Crippen LogP contribution in [-0.2, 0) is 14.3 Å². The van der Waals surface area contributed by atoms with E-state index in [1.54, 1.807) is 7.11 Å². The van der Waals surface area contributed by atoms with Crippen LogP contribution < -0.4 is 10.1 Å². The minimum Gasteiger partial charge on any atom is -0.495 e. The van der Waals surface area contributed by atoms with Crippen molar-refractivity contribution in [2.45, 2.75) is 52.0 Å². The average Bonchev–Trinajstić information content (AvgIpc) is 2.76. The number of aromatic nitrogens is 1. The van der Waals surface area contributed by atoms with E-state index in [0.29, 0.717) is 23.7 Å². The number of nitrogens with one attached hydrogen (secondary N) is 1. The number of hydrogen-bond acceptors (Lipinski definition) is 6. The van der Waals surface area contributed by atoms with E-state index in [9.17, 15) is 4.57 Å². The van der Waals surface area contributed by atoms with Gasteiger partial charge < -0.3 is 14.6 Å². The fraction of sp³-hybridized carbons (Fsp3) is 0.458. The van der Waals surface area contributed by atoms with Gasteiger partial charge >= 0.3 is 0 Å². The topological polar surface area (TPSA) is 72.9 Å². The van der Waals surface area contributed by atoms with Gasteiger partial charge in [-0.3, -0.25) is 0 Å². The number of nitrogens with zero attached hydrogens (tertiary/aromatic N) is 2. The predicted molar refractivity (Wildman–Crippen MR) is 137 cm³/mol. The molecule has 1 heterocycles. The van der Waals surface area contributed by atoms with Gasteiger partial charge in [-0.05, 0) is 58.0 Å². The van der Waals surface area contributed by atoms with E-state index in [1.807, 2.05) is 62.7 Å². The maximum atomic E-state index is 13.3. The van der Waals surface area contributed by atoms with E-state index in [2.05, 4.69) is 11.4 Å². The molecule has 0 bridgehead atoms. The predicted octanol–water partition coefficient (Wildman–Crippen LogP) is 6.35. The van der Waals surface area contributed by atoms with Crippen molar-refractivity contribution in [1.29, 1.82) is 0 Å². The van der Waals surface area contributed by atoms with E-state index in [4.69, 9.17) is 31.1 Å². The molecule has 0 aliphatic rings. The number of pyridine rings is 1. The third-order valence-electron chi connectivity index (χ3n) is 5.50. The molecular weight excluding hydrogens is 461 g/mol. The fourth-order valence-corrected chi connectivity index (χ4v) is 6.22. The molecule has 180 valence electrons. The van der Waals surface area contributed by atoms with Crippen molar-refractivity contribution in [2.24, 2.45) is 0 Å². The molecule has 2 unspecified atom stereocenters. The highest BCUT2D eigenvalue weighted by Crippen LogP contribution is 2.40. The molecule has 0 aliphatic heterocycles. The van der Waals surface area contributed by atoms with Crippen LogP contribution in [0.15, 0.2) is 36.4 Å². The van der Waals surface area contributed by atoms with Gasteiger partial charge in [0.15, 0.2) is 13.8 Å². The summed E-state index contributed by atoms with van der Waals surface area (Å²) in [4.78, 5) is 15.1. The molecule has 2 aromatic carbocycles. The summed E-state index contributed by atoms with van der Waals surface area (Å²) in [5.74, 6) is 0.167. The molecule has 0 saturated heterocycles. The van der Waals surface area contributed by atoms with Crippen LogP contribution in [0.1, 0.15) is 34.1 Å². The smallest absolute Gasteiger partial charge is 0.170 e. The standard InChI is InChI=1S/C24H33ClN3O4P/c1-15(2)28(16(3)4)33(29)23(32-31-6)11-12-26-24-19-13-17-7-8-18(25)14-21(17)27-20(19)9-10-22(24)30-5/h7-10,13-16,23,26,33H,11-12H2,1-6H3. The minimum atomic E-state index is -2.23. The normalized spacial score (nSPS) is 13.9. The first-order chi connectivity index (χ1) is 15.8. The van der Waals surface area contributed by atoms with E-state index in [-0.39, 0.29) is 12.1 Å². The summed E-state index contributed by atoms with van der Waals surface area (Å²) in [6, 6.07) is 11.8. The van der Waals surface area contributed by atoms with Crippen molar-refractivity contribution < 1.29 is 19.1 Å². The Labute approximate surface area is 201 Å². The molecule has 0 spiro atoms. The molecule has 1 N–H and O–H groups in total. The van der Waals surface area contributed by atoms with Crippen LogP contribution in [0.25, 0.3) is 21.8 Å². The Hall–Kier alpha value is -1.89. The second-order valence-corrected chi connectivity index (χ2v) is 10.7. The molecule has 3 rings (SSSR count). The molecule has 0 fully saturated rings. The Balaban J connectivity index is 1.87. The summed E-state index contributed by atoms with van der Waals surface area (Å²) in [6.07, 6.45) is 0.498. The van der Waals surface area contributed by atoms with Crippen LogP contribution in [0, 0.1) is 0 Å². The lowest BCUT2D eigenvalue weighted by Crippen LogP contribution is -2.34. The first-order valence-corrected chi connectivity index (χ1v) is 12.9. The summed E-state index contributed by atoms with van der Waals surface area (Å²) in [7, 11) is 0.852. The third kappa shape index (κ3) is 5.97. The molecule has 0 saturated carbocycles. The monoisotopic (exact) mass is 493 g/mol. The number of ether oxygens (including phenoxy) is 1. The number of halogens is 1. The van der Waals surface area contributed by atoms with Crippen LogP contribution in [0.4, 0.5) is 5.69 Å². The highest BCUT2D eigenvalue weighted by atomic mass is 35.5. The number of hydrogen-bond donors (Lipinski definition) is 1. The highest BCUT2D eigenvalue weighted by molar-refractivity contribution is 7.42. The number of fused-ring (bicyclic) bond motifs is 2. The Bertz CT molecular complexity index is 1120. The molecule has 0 radical (unpaired) electrons. The van der Waals surface area contributed by atoms with Gasteiger partial charge in [-0.25, -0.2) is 19.4 Å². The van der Waals surface area contributed by atoms with E-state index >= 15 is 0 Å². The Kier molecular flexibility index (Phi) is 8.96. The molecule has 0 amide bonds. The van der Waals surface area contributed by atoms with Gasteiger partial charge in [-0.1, -0.05) is 17.7 Å². The van der Waals surface area contributed by atoms with E-state index in [0.717, 1.165) is 27.5 Å². The van der Waals surface area contributed by atoms with Gasteiger partial charge in [0.05, 0.1) is 30.9 Å². The Morgan fingerprint density at radius 3 is 2.42 bits per heavy atom. The van der Waals surface area contributed by atoms with E-state index in [1.165, 1.54) is 7.11 Å². The molecule has 2 atom stereocenters. The zero-order valence-corrected chi connectivity index (χ0v) is 21.8. The minimum absolute atomic E-state index is 0.137. The van der Waals surface area contributed by atoms with Gasteiger partial charge in [0, 0.05) is 40.8 Å². The molecule has 33 heavy (non-hydrogen) atoms. The zero-order chi connectivity index (χ0) is 24.1. The summed E-state index contributed by atoms with van der Waals surface area (Å²) in [6.45, 7) is 8.67. The van der Waals surface area contributed by atoms with Crippen LogP contribution in [0.3, 0.4) is 0 Å². The molecule has 1 aromatic heterocycles. The second kappa shape index (κ2) is 11.5. The van der Waals surface area contributed by atoms with Crippen molar-refractivity contribution in [3.05, 3.63) is 41.4 Å². The SMILES string of the molecule is COOC(CCNc1c(OC)ccc2nc3cc(Cl)ccc3cc12)[PH](=O)N(C(C)C)C(C)C. The summed E-state index contributed by atoms with van der Waals surface area (Å²) in [5, 5.41) is 6.03. The Morgan fingerprint density at radius 1 is 1.06 bits per heavy atom. The molecule has 0 aliphatic carbocycles. The zero-order valence-electron chi connectivity index (χ0n) is 20.0. The van der Waals surface area contributed by atoms with Crippen molar-refractivity contribution in [2.75, 3.05) is 26.1 Å². The van der Waals surface area contributed by atoms with Gasteiger partial charge in [0.25, 0.3) is 0 Å². The summed E-state index contributed by atoms with van der Waals surface area (Å²) in [5.41, 5.74) is 2.50. The van der Waals surface area contributed by atoms with Gasteiger partial charge in [0.2, 0.25) is 0 Å². The number of methoxy groups -OCH3 is 1. The first-order valence-electron chi connectivity index (χ1n) is 11.1. The van der Waals surface area contributed by atoms with Crippen molar-refractivity contribution in [3.8, 4) is 5.75 Å². The maximum absolute atomic E-state index is 13.3. The van der Waals surface area contributed by atoms with Crippen LogP contribution >= 0.6 is 19.6 Å². The van der Waals surface area contributed by atoms with Crippen molar-refractivity contribution in [1.82, 2.24) is 9.65 Å². The lowest BCUT2D eigenvalue weighted by molar-refractivity contribution is -0.285. The summed E-state index contributed by atoms with van der Waals surface area (Å²) < 4.78 is 20.9. The average molecular weight is 494 g/mol. The number of rotatable bonds is 11. The molecule has 9 heteroatoms. The number of anilines is 1. The van der Waals surface area contributed by atoms with Crippen molar-refractivity contribution in [3.63, 3.8) is 0 Å². The highest BCUT2D eigenvalue weighted by Gasteiger charge is 2.28. The van der Waals surface area contributed by atoms with Crippen molar-refractivity contribution >= 4 is 47.0 Å².